The van der Waals surface area contributed by atoms with Gasteiger partial charge in [-0.15, -0.1) is 0 Å². The first kappa shape index (κ1) is 12.8. The summed E-state index contributed by atoms with van der Waals surface area (Å²) in [5, 5.41) is 6.24. The lowest BCUT2D eigenvalue weighted by Gasteiger charge is -2.21. The first-order chi connectivity index (χ1) is 9.54. The van der Waals surface area contributed by atoms with E-state index in [-0.39, 0.29) is 0 Å². The third-order valence-electron chi connectivity index (χ3n) is 3.40. The lowest BCUT2D eigenvalue weighted by Crippen LogP contribution is -2.14. The molecule has 0 bridgehead atoms. The first-order valence-corrected chi connectivity index (χ1v) is 6.30. The SMILES string of the molecule is FC(F)(F)c1ccc2c(c1)NCc1ccccc1CN2. The van der Waals surface area contributed by atoms with Crippen molar-refractivity contribution in [3.8, 4) is 0 Å². The second kappa shape index (κ2) is 4.74. The molecule has 2 aromatic carbocycles. The predicted octanol–water partition coefficient (Wildman–Crippen LogP) is 4.24. The van der Waals surface area contributed by atoms with Gasteiger partial charge in [0.15, 0.2) is 0 Å². The van der Waals surface area contributed by atoms with E-state index < -0.39 is 11.7 Å². The Hall–Kier alpha value is -2.17. The van der Waals surface area contributed by atoms with Gasteiger partial charge >= 0.3 is 6.18 Å². The van der Waals surface area contributed by atoms with Crippen LogP contribution in [-0.4, -0.2) is 0 Å². The molecule has 0 unspecified atom stereocenters. The molecule has 20 heavy (non-hydrogen) atoms. The number of rotatable bonds is 0. The second-order valence-electron chi connectivity index (χ2n) is 4.73. The molecule has 2 aromatic rings. The van der Waals surface area contributed by atoms with Crippen LogP contribution in [0.4, 0.5) is 24.5 Å². The van der Waals surface area contributed by atoms with E-state index in [9.17, 15) is 13.2 Å². The zero-order chi connectivity index (χ0) is 14.2. The van der Waals surface area contributed by atoms with Crippen molar-refractivity contribution in [2.75, 3.05) is 10.6 Å². The Morgan fingerprint density at radius 3 is 2.00 bits per heavy atom. The van der Waals surface area contributed by atoms with Crippen molar-refractivity contribution in [1.82, 2.24) is 0 Å². The molecule has 0 amide bonds. The molecule has 0 aliphatic carbocycles. The van der Waals surface area contributed by atoms with Gasteiger partial charge in [-0.2, -0.15) is 13.2 Å². The topological polar surface area (TPSA) is 24.1 Å². The summed E-state index contributed by atoms with van der Waals surface area (Å²) < 4.78 is 38.2. The van der Waals surface area contributed by atoms with E-state index in [1.54, 1.807) is 0 Å². The molecule has 0 fully saturated rings. The summed E-state index contributed by atoms with van der Waals surface area (Å²) in [7, 11) is 0. The number of hydrogen-bond donors (Lipinski definition) is 2. The van der Waals surface area contributed by atoms with Crippen LogP contribution in [-0.2, 0) is 19.3 Å². The van der Waals surface area contributed by atoms with Gasteiger partial charge in [0.05, 0.1) is 16.9 Å². The number of anilines is 2. The van der Waals surface area contributed by atoms with E-state index in [1.165, 1.54) is 6.07 Å². The van der Waals surface area contributed by atoms with E-state index in [1.807, 2.05) is 24.3 Å². The van der Waals surface area contributed by atoms with Crippen molar-refractivity contribution >= 4 is 11.4 Å². The van der Waals surface area contributed by atoms with Crippen molar-refractivity contribution in [1.29, 1.82) is 0 Å². The molecule has 0 aromatic heterocycles. The lowest BCUT2D eigenvalue weighted by molar-refractivity contribution is -0.137. The highest BCUT2D eigenvalue weighted by atomic mass is 19.4. The molecule has 3 rings (SSSR count). The van der Waals surface area contributed by atoms with Crippen molar-refractivity contribution < 1.29 is 13.2 Å². The van der Waals surface area contributed by atoms with Gasteiger partial charge in [-0.3, -0.25) is 0 Å². The van der Waals surface area contributed by atoms with Gasteiger partial charge in [-0.05, 0) is 29.3 Å². The molecule has 0 radical (unpaired) electrons. The standard InChI is InChI=1S/C15H13F3N2/c16-15(17,18)12-5-6-13-14(7-12)20-9-11-4-2-1-3-10(11)8-19-13/h1-7,19-20H,8-9H2. The fourth-order valence-corrected chi connectivity index (χ4v) is 2.30. The minimum atomic E-state index is -4.32. The van der Waals surface area contributed by atoms with Gasteiger partial charge in [-0.1, -0.05) is 24.3 Å². The average Bonchev–Trinajstić information content (AvgIpc) is 2.40. The number of hydrogen-bond acceptors (Lipinski definition) is 2. The van der Waals surface area contributed by atoms with Crippen molar-refractivity contribution in [2.24, 2.45) is 0 Å². The van der Waals surface area contributed by atoms with E-state index in [4.69, 9.17) is 0 Å². The van der Waals surface area contributed by atoms with Gasteiger partial charge in [0.2, 0.25) is 0 Å². The number of nitrogens with one attached hydrogen (secondary N) is 2. The summed E-state index contributed by atoms with van der Waals surface area (Å²) >= 11 is 0. The van der Waals surface area contributed by atoms with E-state index in [0.717, 1.165) is 23.3 Å². The average molecular weight is 278 g/mol. The van der Waals surface area contributed by atoms with Crippen molar-refractivity contribution in [3.63, 3.8) is 0 Å². The molecule has 1 heterocycles. The third-order valence-corrected chi connectivity index (χ3v) is 3.40. The minimum absolute atomic E-state index is 0.481. The summed E-state index contributed by atoms with van der Waals surface area (Å²) in [6, 6.07) is 11.6. The first-order valence-electron chi connectivity index (χ1n) is 6.30. The zero-order valence-electron chi connectivity index (χ0n) is 10.6. The molecule has 2 N–H and O–H groups in total. The molecule has 5 heteroatoms. The molecule has 1 aliphatic rings. The number of alkyl halides is 3. The molecule has 0 saturated heterocycles. The quantitative estimate of drug-likeness (QED) is 0.753. The highest BCUT2D eigenvalue weighted by Gasteiger charge is 2.31. The van der Waals surface area contributed by atoms with Gasteiger partial charge in [0, 0.05) is 13.1 Å². The zero-order valence-corrected chi connectivity index (χ0v) is 10.6. The molecule has 0 saturated carbocycles. The van der Waals surface area contributed by atoms with E-state index in [2.05, 4.69) is 10.6 Å². The maximum atomic E-state index is 12.7. The fraction of sp³-hybridized carbons (Fsp3) is 0.200. The van der Waals surface area contributed by atoms with Gasteiger partial charge in [0.1, 0.15) is 0 Å². The maximum Gasteiger partial charge on any atom is 0.416 e. The Morgan fingerprint density at radius 1 is 0.800 bits per heavy atom. The van der Waals surface area contributed by atoms with E-state index >= 15 is 0 Å². The molecular formula is C15H13F3N2. The minimum Gasteiger partial charge on any atom is -0.379 e. The van der Waals surface area contributed by atoms with Crippen LogP contribution >= 0.6 is 0 Å². The second-order valence-corrected chi connectivity index (χ2v) is 4.73. The summed E-state index contributed by atoms with van der Waals surface area (Å²) in [5.41, 5.74) is 2.76. The molecular weight excluding hydrogens is 265 g/mol. The van der Waals surface area contributed by atoms with Crippen LogP contribution in [0.2, 0.25) is 0 Å². The van der Waals surface area contributed by atoms with Crippen LogP contribution in [0.15, 0.2) is 42.5 Å². The summed E-state index contributed by atoms with van der Waals surface area (Å²) in [4.78, 5) is 0. The number of halogens is 3. The number of fused-ring (bicyclic) bond motifs is 2. The van der Waals surface area contributed by atoms with Crippen LogP contribution < -0.4 is 10.6 Å². The monoisotopic (exact) mass is 278 g/mol. The highest BCUT2D eigenvalue weighted by molar-refractivity contribution is 5.71. The van der Waals surface area contributed by atoms with Crippen molar-refractivity contribution in [2.45, 2.75) is 19.3 Å². The third kappa shape index (κ3) is 2.43. The summed E-state index contributed by atoms with van der Waals surface area (Å²) in [6.45, 7) is 1.13. The molecule has 1 aliphatic heterocycles. The predicted molar refractivity (Wildman–Crippen MR) is 72.5 cm³/mol. The Morgan fingerprint density at radius 2 is 1.40 bits per heavy atom. The van der Waals surface area contributed by atoms with Gasteiger partial charge < -0.3 is 10.6 Å². The summed E-state index contributed by atoms with van der Waals surface area (Å²) in [5.74, 6) is 0. The number of benzene rings is 2. The van der Waals surface area contributed by atoms with Crippen LogP contribution in [0, 0.1) is 0 Å². The Labute approximate surface area is 114 Å². The van der Waals surface area contributed by atoms with Crippen LogP contribution in [0.25, 0.3) is 0 Å². The lowest BCUT2D eigenvalue weighted by atomic mass is 10.0. The van der Waals surface area contributed by atoms with Crippen LogP contribution in [0.1, 0.15) is 16.7 Å². The fourth-order valence-electron chi connectivity index (χ4n) is 2.30. The largest absolute Gasteiger partial charge is 0.416 e. The normalized spacial score (nSPS) is 14.2. The van der Waals surface area contributed by atoms with Crippen molar-refractivity contribution in [3.05, 3.63) is 59.2 Å². The Bertz CT molecular complexity index is 635. The molecule has 0 spiro atoms. The van der Waals surface area contributed by atoms with Gasteiger partial charge in [-0.25, -0.2) is 0 Å². The van der Waals surface area contributed by atoms with E-state index in [0.29, 0.717) is 24.5 Å². The molecule has 104 valence electrons. The smallest absolute Gasteiger partial charge is 0.379 e. The molecule has 2 nitrogen and oxygen atoms in total. The highest BCUT2D eigenvalue weighted by Crippen LogP contribution is 2.35. The van der Waals surface area contributed by atoms with Gasteiger partial charge in [0.25, 0.3) is 0 Å². The maximum absolute atomic E-state index is 12.7. The Kier molecular flexibility index (Phi) is 3.04. The summed E-state index contributed by atoms with van der Waals surface area (Å²) in [6.07, 6.45) is -4.32. The molecule has 0 atom stereocenters. The Balaban J connectivity index is 1.94. The van der Waals surface area contributed by atoms with Crippen LogP contribution in [0.5, 0.6) is 0 Å². The van der Waals surface area contributed by atoms with Crippen LogP contribution in [0.3, 0.4) is 0 Å².